The van der Waals surface area contributed by atoms with Crippen LogP contribution in [-0.4, -0.2) is 29.8 Å². The zero-order valence-corrected chi connectivity index (χ0v) is 11.3. The molecule has 0 unspecified atom stereocenters. The van der Waals surface area contributed by atoms with Gasteiger partial charge in [-0.05, 0) is 18.3 Å². The van der Waals surface area contributed by atoms with E-state index in [1.807, 2.05) is 20.8 Å². The molecule has 1 aliphatic rings. The summed E-state index contributed by atoms with van der Waals surface area (Å²) >= 11 is 0. The topological polar surface area (TPSA) is 61.4 Å². The van der Waals surface area contributed by atoms with Gasteiger partial charge in [-0.1, -0.05) is 40.0 Å². The first-order valence-corrected chi connectivity index (χ1v) is 6.62. The highest BCUT2D eigenvalue weighted by molar-refractivity contribution is 5.74. The third-order valence-electron chi connectivity index (χ3n) is 3.40. The summed E-state index contributed by atoms with van der Waals surface area (Å²) in [6.45, 7) is 6.18. The molecule has 4 heteroatoms. The maximum atomic E-state index is 11.6. The molecule has 1 aliphatic carbocycles. The number of carbonyl (C=O) groups excluding carboxylic acids is 1. The zero-order chi connectivity index (χ0) is 12.9. The zero-order valence-electron chi connectivity index (χ0n) is 11.3. The van der Waals surface area contributed by atoms with Crippen LogP contribution in [0.3, 0.4) is 0 Å². The average molecular weight is 242 g/mol. The van der Waals surface area contributed by atoms with Crippen molar-refractivity contribution in [3.63, 3.8) is 0 Å². The molecule has 1 saturated carbocycles. The number of hydrogen-bond acceptors (Lipinski definition) is 2. The lowest BCUT2D eigenvalue weighted by Crippen LogP contribution is -2.47. The average Bonchev–Trinajstić information content (AvgIpc) is 2.26. The van der Waals surface area contributed by atoms with Crippen LogP contribution in [-0.2, 0) is 0 Å². The van der Waals surface area contributed by atoms with Gasteiger partial charge in [0.05, 0.1) is 6.10 Å². The fraction of sp³-hybridized carbons (Fsp3) is 0.923. The summed E-state index contributed by atoms with van der Waals surface area (Å²) in [5.41, 5.74) is -0.196. The predicted octanol–water partition coefficient (Wildman–Crippen LogP) is 2.03. The van der Waals surface area contributed by atoms with E-state index < -0.39 is 6.10 Å². The molecule has 0 aliphatic heterocycles. The monoisotopic (exact) mass is 242 g/mol. The van der Waals surface area contributed by atoms with Gasteiger partial charge in [-0.3, -0.25) is 0 Å². The molecular formula is C13H26N2O2. The minimum Gasteiger partial charge on any atom is -0.391 e. The molecule has 1 atom stereocenters. The molecule has 0 aromatic rings. The Bertz CT molecular complexity index is 242. The van der Waals surface area contributed by atoms with Crippen molar-refractivity contribution in [3.8, 4) is 0 Å². The lowest BCUT2D eigenvalue weighted by atomic mass is 9.89. The van der Waals surface area contributed by atoms with Crippen molar-refractivity contribution >= 4 is 6.03 Å². The minimum atomic E-state index is -0.514. The highest BCUT2D eigenvalue weighted by Gasteiger charge is 2.23. The number of rotatable bonds is 3. The highest BCUT2D eigenvalue weighted by Crippen LogP contribution is 2.18. The Hall–Kier alpha value is -0.770. The third kappa shape index (κ3) is 5.39. The Morgan fingerprint density at radius 3 is 2.41 bits per heavy atom. The van der Waals surface area contributed by atoms with E-state index in [1.165, 1.54) is 19.3 Å². The number of urea groups is 1. The first-order chi connectivity index (χ1) is 7.89. The summed E-state index contributed by atoms with van der Waals surface area (Å²) in [5.74, 6) is 0. The first-order valence-electron chi connectivity index (χ1n) is 6.62. The van der Waals surface area contributed by atoms with Crippen LogP contribution in [0.15, 0.2) is 0 Å². The summed E-state index contributed by atoms with van der Waals surface area (Å²) in [6.07, 6.45) is 5.33. The largest absolute Gasteiger partial charge is 0.391 e. The van der Waals surface area contributed by atoms with Gasteiger partial charge >= 0.3 is 6.03 Å². The number of amides is 2. The van der Waals surface area contributed by atoms with E-state index in [4.69, 9.17) is 0 Å². The third-order valence-corrected chi connectivity index (χ3v) is 3.40. The summed E-state index contributed by atoms with van der Waals surface area (Å²) in [4.78, 5) is 11.6. The van der Waals surface area contributed by atoms with Crippen molar-refractivity contribution in [1.82, 2.24) is 10.6 Å². The van der Waals surface area contributed by atoms with Crippen molar-refractivity contribution in [2.24, 2.45) is 5.41 Å². The predicted molar refractivity (Wildman–Crippen MR) is 68.9 cm³/mol. The molecule has 100 valence electrons. The lowest BCUT2D eigenvalue weighted by molar-refractivity contribution is 0.0648. The SMILES string of the molecule is CC(C)(C)[C@@H](O)CNC(=O)NC1CCCCC1. The fourth-order valence-corrected chi connectivity index (χ4v) is 1.98. The van der Waals surface area contributed by atoms with Crippen molar-refractivity contribution < 1.29 is 9.90 Å². The van der Waals surface area contributed by atoms with E-state index in [0.717, 1.165) is 12.8 Å². The van der Waals surface area contributed by atoms with Crippen molar-refractivity contribution in [3.05, 3.63) is 0 Å². The number of aliphatic hydroxyl groups excluding tert-OH is 1. The van der Waals surface area contributed by atoms with Gasteiger partial charge in [0.25, 0.3) is 0 Å². The maximum absolute atomic E-state index is 11.6. The van der Waals surface area contributed by atoms with Crippen LogP contribution in [0.25, 0.3) is 0 Å². The summed E-state index contributed by atoms with van der Waals surface area (Å²) in [7, 11) is 0. The quantitative estimate of drug-likeness (QED) is 0.709. The molecule has 0 spiro atoms. The van der Waals surface area contributed by atoms with Crippen LogP contribution >= 0.6 is 0 Å². The van der Waals surface area contributed by atoms with E-state index in [2.05, 4.69) is 10.6 Å². The summed E-state index contributed by atoms with van der Waals surface area (Å²) in [6, 6.07) is 0.163. The molecule has 0 bridgehead atoms. The van der Waals surface area contributed by atoms with Gasteiger partial charge in [0.2, 0.25) is 0 Å². The fourth-order valence-electron chi connectivity index (χ4n) is 1.98. The Morgan fingerprint density at radius 2 is 1.88 bits per heavy atom. The molecule has 0 heterocycles. The molecule has 0 radical (unpaired) electrons. The highest BCUT2D eigenvalue weighted by atomic mass is 16.3. The second kappa shape index (κ2) is 6.24. The molecular weight excluding hydrogens is 216 g/mol. The van der Waals surface area contributed by atoms with Crippen LogP contribution < -0.4 is 10.6 Å². The minimum absolute atomic E-state index is 0.153. The Balaban J connectivity index is 2.20. The number of carbonyl (C=O) groups is 1. The molecule has 2 amide bonds. The normalized spacial score (nSPS) is 19.8. The van der Waals surface area contributed by atoms with Crippen LogP contribution in [0.1, 0.15) is 52.9 Å². The van der Waals surface area contributed by atoms with Crippen LogP contribution in [0.5, 0.6) is 0 Å². The van der Waals surface area contributed by atoms with Gasteiger partial charge in [-0.25, -0.2) is 4.79 Å². The molecule has 1 fully saturated rings. The van der Waals surface area contributed by atoms with Crippen molar-refractivity contribution in [1.29, 1.82) is 0 Å². The summed E-state index contributed by atoms with van der Waals surface area (Å²) < 4.78 is 0. The Kier molecular flexibility index (Phi) is 5.25. The van der Waals surface area contributed by atoms with Crippen LogP contribution in [0.2, 0.25) is 0 Å². The molecule has 0 aromatic carbocycles. The molecule has 1 rings (SSSR count). The van der Waals surface area contributed by atoms with E-state index in [-0.39, 0.29) is 11.4 Å². The Labute approximate surface area is 104 Å². The number of aliphatic hydroxyl groups is 1. The summed E-state index contributed by atoms with van der Waals surface area (Å²) in [5, 5.41) is 15.5. The van der Waals surface area contributed by atoms with Crippen molar-refractivity contribution in [2.75, 3.05) is 6.54 Å². The van der Waals surface area contributed by atoms with Gasteiger partial charge < -0.3 is 15.7 Å². The van der Waals surface area contributed by atoms with Gasteiger partial charge in [-0.2, -0.15) is 0 Å². The van der Waals surface area contributed by atoms with Gasteiger partial charge in [-0.15, -0.1) is 0 Å². The molecule has 3 N–H and O–H groups in total. The first kappa shape index (κ1) is 14.3. The van der Waals surface area contributed by atoms with Crippen LogP contribution in [0.4, 0.5) is 4.79 Å². The number of nitrogens with one attached hydrogen (secondary N) is 2. The second-order valence-corrected chi connectivity index (χ2v) is 6.07. The van der Waals surface area contributed by atoms with Gasteiger partial charge in [0, 0.05) is 12.6 Å². The molecule has 0 aromatic heterocycles. The van der Waals surface area contributed by atoms with E-state index in [1.54, 1.807) is 0 Å². The molecule has 0 saturated heterocycles. The lowest BCUT2D eigenvalue weighted by Gasteiger charge is -2.27. The van der Waals surface area contributed by atoms with Crippen LogP contribution in [0, 0.1) is 5.41 Å². The standard InChI is InChI=1S/C13H26N2O2/c1-13(2,3)11(16)9-14-12(17)15-10-7-5-4-6-8-10/h10-11,16H,4-9H2,1-3H3,(H2,14,15,17)/t11-/m0/s1. The second-order valence-electron chi connectivity index (χ2n) is 6.07. The molecule has 4 nitrogen and oxygen atoms in total. The number of hydrogen-bond donors (Lipinski definition) is 3. The smallest absolute Gasteiger partial charge is 0.315 e. The van der Waals surface area contributed by atoms with Crippen molar-refractivity contribution in [2.45, 2.75) is 65.0 Å². The van der Waals surface area contributed by atoms with Gasteiger partial charge in [0.1, 0.15) is 0 Å². The van der Waals surface area contributed by atoms with Gasteiger partial charge in [0.15, 0.2) is 0 Å². The maximum Gasteiger partial charge on any atom is 0.315 e. The van der Waals surface area contributed by atoms with E-state index in [9.17, 15) is 9.90 Å². The molecule has 17 heavy (non-hydrogen) atoms. The van der Waals surface area contributed by atoms with E-state index in [0.29, 0.717) is 12.6 Å². The Morgan fingerprint density at radius 1 is 1.29 bits per heavy atom. The van der Waals surface area contributed by atoms with E-state index >= 15 is 0 Å².